The fourth-order valence-corrected chi connectivity index (χ4v) is 6.09. The van der Waals surface area contributed by atoms with Crippen molar-refractivity contribution >= 4 is 55.1 Å². The maximum atomic E-state index is 6.70. The second-order valence-corrected chi connectivity index (χ2v) is 10.2. The number of rotatable bonds is 4. The fraction of sp³-hybridized carbons (Fsp3) is 0.0270. The molecular weight excluding hydrogens is 488 g/mol. The van der Waals surface area contributed by atoms with E-state index >= 15 is 0 Å². The molecule has 7 aromatic carbocycles. The first-order valence-electron chi connectivity index (χ1n) is 13.7. The van der Waals surface area contributed by atoms with Gasteiger partial charge in [0.15, 0.2) is 12.0 Å². The van der Waals surface area contributed by atoms with Crippen LogP contribution in [0.1, 0.15) is 11.8 Å². The van der Waals surface area contributed by atoms with E-state index in [1.807, 2.05) is 6.07 Å². The quantitative estimate of drug-likeness (QED) is 0.237. The van der Waals surface area contributed by atoms with E-state index in [1.54, 1.807) is 0 Å². The molecule has 0 aromatic heterocycles. The lowest BCUT2D eigenvalue weighted by molar-refractivity contribution is 0.262. The van der Waals surface area contributed by atoms with E-state index in [0.29, 0.717) is 0 Å². The van der Waals surface area contributed by atoms with E-state index < -0.39 is 0 Å². The number of hydrogen-bond acceptors (Lipinski definition) is 3. The number of hydrogen-bond donors (Lipinski definition) is 1. The zero-order valence-corrected chi connectivity index (χ0v) is 21.8. The summed E-state index contributed by atoms with van der Waals surface area (Å²) in [7, 11) is 0. The number of nitrogens with one attached hydrogen (secondary N) is 1. The molecule has 0 spiro atoms. The van der Waals surface area contributed by atoms with Crippen molar-refractivity contribution in [2.45, 2.75) is 6.23 Å². The summed E-state index contributed by atoms with van der Waals surface area (Å²) in [6, 6.07) is 51.3. The zero-order valence-electron chi connectivity index (χ0n) is 21.8. The summed E-state index contributed by atoms with van der Waals surface area (Å²) < 4.78 is 6.70. The molecule has 0 saturated carbocycles. The van der Waals surface area contributed by atoms with Crippen molar-refractivity contribution in [3.8, 4) is 5.75 Å². The minimum atomic E-state index is -0.239. The Morgan fingerprint density at radius 1 is 0.500 bits per heavy atom. The van der Waals surface area contributed by atoms with Crippen LogP contribution in [0.2, 0.25) is 0 Å². The smallest absolute Gasteiger partial charge is 0.196 e. The number of fused-ring (bicyclic) bond motifs is 7. The van der Waals surface area contributed by atoms with Crippen molar-refractivity contribution in [2.24, 2.45) is 0 Å². The molecule has 0 radical (unpaired) electrons. The van der Waals surface area contributed by atoms with E-state index in [4.69, 9.17) is 4.74 Å². The van der Waals surface area contributed by atoms with Crippen LogP contribution in [-0.4, -0.2) is 0 Å². The molecule has 1 aliphatic heterocycles. The van der Waals surface area contributed by atoms with Crippen molar-refractivity contribution < 1.29 is 4.74 Å². The third-order valence-corrected chi connectivity index (χ3v) is 7.86. The first-order chi connectivity index (χ1) is 19.9. The molecule has 190 valence electrons. The van der Waals surface area contributed by atoms with Gasteiger partial charge in [-0.2, -0.15) is 0 Å². The zero-order chi connectivity index (χ0) is 26.5. The maximum absolute atomic E-state index is 6.70. The summed E-state index contributed by atoms with van der Waals surface area (Å²) >= 11 is 0. The average Bonchev–Trinajstić information content (AvgIpc) is 3.49. The topological polar surface area (TPSA) is 24.5 Å². The van der Waals surface area contributed by atoms with Crippen LogP contribution < -0.4 is 15.0 Å². The van der Waals surface area contributed by atoms with E-state index in [-0.39, 0.29) is 6.23 Å². The van der Waals surface area contributed by atoms with Crippen LogP contribution in [0.3, 0.4) is 0 Å². The van der Waals surface area contributed by atoms with Gasteiger partial charge in [-0.15, -0.1) is 0 Å². The predicted molar refractivity (Wildman–Crippen MR) is 167 cm³/mol. The molecule has 0 aliphatic carbocycles. The van der Waals surface area contributed by atoms with Crippen LogP contribution >= 0.6 is 0 Å². The van der Waals surface area contributed by atoms with Gasteiger partial charge in [-0.1, -0.05) is 121 Å². The molecule has 1 N–H and O–H groups in total. The van der Waals surface area contributed by atoms with Crippen molar-refractivity contribution in [3.63, 3.8) is 0 Å². The van der Waals surface area contributed by atoms with E-state index in [1.165, 1.54) is 21.5 Å². The van der Waals surface area contributed by atoms with Crippen LogP contribution in [0.5, 0.6) is 5.75 Å². The molecule has 40 heavy (non-hydrogen) atoms. The summed E-state index contributed by atoms with van der Waals surface area (Å²) in [6.07, 6.45) is -0.239. The number of anilines is 4. The highest BCUT2D eigenvalue weighted by Crippen LogP contribution is 2.52. The van der Waals surface area contributed by atoms with E-state index in [9.17, 15) is 0 Å². The van der Waals surface area contributed by atoms with Crippen LogP contribution in [-0.2, 0) is 0 Å². The second kappa shape index (κ2) is 9.18. The Balaban J connectivity index is 1.44. The lowest BCUT2D eigenvalue weighted by Crippen LogP contribution is -2.11. The summed E-state index contributed by atoms with van der Waals surface area (Å²) in [4.78, 5) is 2.39. The average molecular weight is 515 g/mol. The molecule has 0 fully saturated rings. The standard InChI is InChI=1S/C37H26N2O/c1-3-14-26(15-4-1)37-38-35-30-21-10-9-20-29(30)34-31(36(35)40-37)22-12-24-33(34)39(27-17-5-2-6-18-27)32-23-11-16-25-13-7-8-19-28(25)32/h1-24,37-38H. The van der Waals surface area contributed by atoms with Crippen LogP contribution in [0, 0.1) is 0 Å². The number of para-hydroxylation sites is 1. The third kappa shape index (κ3) is 3.52. The molecule has 1 unspecified atom stereocenters. The van der Waals surface area contributed by atoms with Crippen LogP contribution in [0.25, 0.3) is 32.3 Å². The number of nitrogens with zero attached hydrogens (tertiary/aromatic N) is 1. The van der Waals surface area contributed by atoms with Gasteiger partial charge < -0.3 is 15.0 Å². The van der Waals surface area contributed by atoms with Gasteiger partial charge in [-0.25, -0.2) is 0 Å². The van der Waals surface area contributed by atoms with Gasteiger partial charge in [-0.3, -0.25) is 0 Å². The summed E-state index contributed by atoms with van der Waals surface area (Å²) in [6.45, 7) is 0. The molecule has 0 amide bonds. The molecule has 1 heterocycles. The molecule has 1 aliphatic rings. The minimum Gasteiger partial charge on any atom is -0.464 e. The molecule has 8 rings (SSSR count). The Morgan fingerprint density at radius 2 is 1.10 bits per heavy atom. The second-order valence-electron chi connectivity index (χ2n) is 10.2. The van der Waals surface area contributed by atoms with Gasteiger partial charge >= 0.3 is 0 Å². The highest BCUT2D eigenvalue weighted by molar-refractivity contribution is 6.22. The predicted octanol–water partition coefficient (Wildman–Crippen LogP) is 10.1. The van der Waals surface area contributed by atoms with Gasteiger partial charge in [0, 0.05) is 32.8 Å². The first kappa shape index (κ1) is 22.7. The molecule has 0 saturated heterocycles. The van der Waals surface area contributed by atoms with E-state index in [2.05, 4.69) is 150 Å². The Hall–Kier alpha value is -5.28. The lowest BCUT2D eigenvalue weighted by Gasteiger charge is -2.28. The van der Waals surface area contributed by atoms with Gasteiger partial charge in [0.2, 0.25) is 0 Å². The highest BCUT2D eigenvalue weighted by Gasteiger charge is 2.29. The van der Waals surface area contributed by atoms with E-state index in [0.717, 1.165) is 44.8 Å². The monoisotopic (exact) mass is 514 g/mol. The van der Waals surface area contributed by atoms with Gasteiger partial charge in [0.25, 0.3) is 0 Å². The third-order valence-electron chi connectivity index (χ3n) is 7.86. The molecule has 7 aromatic rings. The Morgan fingerprint density at radius 3 is 1.93 bits per heavy atom. The lowest BCUT2D eigenvalue weighted by atomic mass is 9.96. The van der Waals surface area contributed by atoms with Crippen molar-refractivity contribution in [3.05, 3.63) is 151 Å². The Labute approximate surface area is 232 Å². The van der Waals surface area contributed by atoms with Gasteiger partial charge in [0.05, 0.1) is 17.1 Å². The number of benzene rings is 7. The van der Waals surface area contributed by atoms with Gasteiger partial charge in [0.1, 0.15) is 0 Å². The summed E-state index contributed by atoms with van der Waals surface area (Å²) in [5, 5.41) is 10.7. The summed E-state index contributed by atoms with van der Waals surface area (Å²) in [5.74, 6) is 0.898. The molecule has 1 atom stereocenters. The largest absolute Gasteiger partial charge is 0.464 e. The van der Waals surface area contributed by atoms with Gasteiger partial charge in [-0.05, 0) is 35.0 Å². The van der Waals surface area contributed by atoms with Crippen molar-refractivity contribution in [2.75, 3.05) is 10.2 Å². The SMILES string of the molecule is c1ccc(C2Nc3c(c4cccc(N(c5ccccc5)c5cccc6ccccc56)c4c4ccccc34)O2)cc1. The fourth-order valence-electron chi connectivity index (χ4n) is 6.09. The Bertz CT molecular complexity index is 2010. The molecule has 0 bridgehead atoms. The molecule has 3 nitrogen and oxygen atoms in total. The minimum absolute atomic E-state index is 0.239. The highest BCUT2D eigenvalue weighted by atomic mass is 16.5. The van der Waals surface area contributed by atoms with Crippen LogP contribution in [0.4, 0.5) is 22.7 Å². The summed E-state index contributed by atoms with van der Waals surface area (Å²) in [5.41, 5.74) is 5.52. The Kier molecular flexibility index (Phi) is 5.20. The van der Waals surface area contributed by atoms with Crippen LogP contribution in [0.15, 0.2) is 146 Å². The normalized spacial score (nSPS) is 14.2. The molecular formula is C37H26N2O. The molecule has 3 heteroatoms. The van der Waals surface area contributed by atoms with Crippen molar-refractivity contribution in [1.82, 2.24) is 0 Å². The first-order valence-corrected chi connectivity index (χ1v) is 13.7. The number of ether oxygens (including phenoxy) is 1. The maximum Gasteiger partial charge on any atom is 0.196 e. The van der Waals surface area contributed by atoms with Crippen molar-refractivity contribution in [1.29, 1.82) is 0 Å².